The molecule has 5 heteroatoms. The Bertz CT molecular complexity index is 407. The lowest BCUT2D eigenvalue weighted by Gasteiger charge is -2.09. The number of hydrogen-bond donors (Lipinski definition) is 2. The lowest BCUT2D eigenvalue weighted by molar-refractivity contribution is -0.116. The Morgan fingerprint density at radius 1 is 1.40 bits per heavy atom. The SMILES string of the molecule is COCCOCc1cccc(NC(=O)CCC(C)O)c1. The van der Waals surface area contributed by atoms with Gasteiger partial charge >= 0.3 is 0 Å². The summed E-state index contributed by atoms with van der Waals surface area (Å²) in [5, 5.41) is 12.0. The van der Waals surface area contributed by atoms with Crippen molar-refractivity contribution in [2.75, 3.05) is 25.6 Å². The van der Waals surface area contributed by atoms with E-state index in [4.69, 9.17) is 14.6 Å². The Kier molecular flexibility index (Phi) is 7.87. The predicted molar refractivity (Wildman–Crippen MR) is 77.5 cm³/mol. The van der Waals surface area contributed by atoms with Crippen molar-refractivity contribution in [3.05, 3.63) is 29.8 Å². The number of amides is 1. The topological polar surface area (TPSA) is 67.8 Å². The Morgan fingerprint density at radius 3 is 2.90 bits per heavy atom. The summed E-state index contributed by atoms with van der Waals surface area (Å²) >= 11 is 0. The smallest absolute Gasteiger partial charge is 0.224 e. The fourth-order valence-electron chi connectivity index (χ4n) is 1.63. The summed E-state index contributed by atoms with van der Waals surface area (Å²) in [5.41, 5.74) is 1.74. The van der Waals surface area contributed by atoms with Crippen molar-refractivity contribution >= 4 is 11.6 Å². The number of hydrogen-bond acceptors (Lipinski definition) is 4. The second-order valence-electron chi connectivity index (χ2n) is 4.68. The lowest BCUT2D eigenvalue weighted by Crippen LogP contribution is -2.14. The second kappa shape index (κ2) is 9.47. The van der Waals surface area contributed by atoms with Crippen LogP contribution in [0.2, 0.25) is 0 Å². The van der Waals surface area contributed by atoms with Crippen LogP contribution in [-0.4, -0.2) is 37.4 Å². The molecule has 0 aliphatic heterocycles. The van der Waals surface area contributed by atoms with Crippen LogP contribution in [0.5, 0.6) is 0 Å². The molecular formula is C15H23NO4. The molecule has 1 aromatic carbocycles. The molecule has 0 fully saturated rings. The zero-order valence-corrected chi connectivity index (χ0v) is 12.1. The van der Waals surface area contributed by atoms with E-state index < -0.39 is 6.10 Å². The van der Waals surface area contributed by atoms with Gasteiger partial charge in [-0.1, -0.05) is 12.1 Å². The van der Waals surface area contributed by atoms with Crippen molar-refractivity contribution in [2.45, 2.75) is 32.5 Å². The van der Waals surface area contributed by atoms with Crippen LogP contribution < -0.4 is 5.32 Å². The van der Waals surface area contributed by atoms with E-state index in [1.807, 2.05) is 24.3 Å². The summed E-state index contributed by atoms with van der Waals surface area (Å²) in [7, 11) is 1.63. The van der Waals surface area contributed by atoms with Crippen LogP contribution in [0.15, 0.2) is 24.3 Å². The molecule has 0 saturated heterocycles. The van der Waals surface area contributed by atoms with Crippen LogP contribution in [0.25, 0.3) is 0 Å². The Hall–Kier alpha value is -1.43. The van der Waals surface area contributed by atoms with Gasteiger partial charge < -0.3 is 19.9 Å². The van der Waals surface area contributed by atoms with Gasteiger partial charge in [-0.3, -0.25) is 4.79 Å². The fourth-order valence-corrected chi connectivity index (χ4v) is 1.63. The highest BCUT2D eigenvalue weighted by Gasteiger charge is 2.05. The number of carbonyl (C=O) groups is 1. The number of aliphatic hydroxyl groups is 1. The molecule has 0 aromatic heterocycles. The molecule has 0 saturated carbocycles. The molecule has 0 heterocycles. The molecule has 0 bridgehead atoms. The van der Waals surface area contributed by atoms with Gasteiger partial charge in [0.15, 0.2) is 0 Å². The minimum absolute atomic E-state index is 0.0941. The Balaban J connectivity index is 2.40. The first-order chi connectivity index (χ1) is 9.61. The number of aliphatic hydroxyl groups excluding tert-OH is 1. The van der Waals surface area contributed by atoms with Crippen LogP contribution in [0.4, 0.5) is 5.69 Å². The molecule has 0 radical (unpaired) electrons. The number of methoxy groups -OCH3 is 1. The van der Waals surface area contributed by atoms with E-state index in [0.29, 0.717) is 32.7 Å². The molecule has 1 aromatic rings. The number of nitrogens with one attached hydrogen (secondary N) is 1. The van der Waals surface area contributed by atoms with Crippen LogP contribution in [0, 0.1) is 0 Å². The third-order valence-electron chi connectivity index (χ3n) is 2.70. The molecule has 0 spiro atoms. The van der Waals surface area contributed by atoms with Crippen molar-refractivity contribution in [1.29, 1.82) is 0 Å². The van der Waals surface area contributed by atoms with Gasteiger partial charge in [-0.25, -0.2) is 0 Å². The van der Waals surface area contributed by atoms with Crippen LogP contribution >= 0.6 is 0 Å². The molecule has 1 unspecified atom stereocenters. The van der Waals surface area contributed by atoms with Crippen molar-refractivity contribution in [3.8, 4) is 0 Å². The van der Waals surface area contributed by atoms with E-state index in [1.54, 1.807) is 14.0 Å². The van der Waals surface area contributed by atoms with Crippen molar-refractivity contribution < 1.29 is 19.4 Å². The number of anilines is 1. The van der Waals surface area contributed by atoms with E-state index >= 15 is 0 Å². The van der Waals surface area contributed by atoms with Gasteiger partial charge in [0, 0.05) is 19.2 Å². The maximum absolute atomic E-state index is 11.7. The first kappa shape index (κ1) is 16.6. The number of benzene rings is 1. The first-order valence-electron chi connectivity index (χ1n) is 6.75. The fraction of sp³-hybridized carbons (Fsp3) is 0.533. The highest BCUT2D eigenvalue weighted by Crippen LogP contribution is 2.12. The van der Waals surface area contributed by atoms with Crippen molar-refractivity contribution in [2.24, 2.45) is 0 Å². The molecular weight excluding hydrogens is 258 g/mol. The quantitative estimate of drug-likeness (QED) is 0.679. The standard InChI is InChI=1S/C15H23NO4/c1-12(17)6-7-15(18)16-14-5-3-4-13(10-14)11-20-9-8-19-2/h3-5,10,12,17H,6-9,11H2,1-2H3,(H,16,18). The van der Waals surface area contributed by atoms with Crippen LogP contribution in [0.3, 0.4) is 0 Å². The zero-order chi connectivity index (χ0) is 14.8. The van der Waals surface area contributed by atoms with Gasteiger partial charge in [0.25, 0.3) is 0 Å². The summed E-state index contributed by atoms with van der Waals surface area (Å²) in [6.07, 6.45) is 0.319. The summed E-state index contributed by atoms with van der Waals surface area (Å²) in [5.74, 6) is -0.0941. The Labute approximate surface area is 119 Å². The van der Waals surface area contributed by atoms with E-state index in [-0.39, 0.29) is 5.91 Å². The zero-order valence-electron chi connectivity index (χ0n) is 12.1. The lowest BCUT2D eigenvalue weighted by atomic mass is 10.2. The predicted octanol–water partition coefficient (Wildman–Crippen LogP) is 1.95. The molecule has 0 aliphatic carbocycles. The summed E-state index contributed by atoms with van der Waals surface area (Å²) in [6, 6.07) is 7.53. The largest absolute Gasteiger partial charge is 0.393 e. The average Bonchev–Trinajstić information content (AvgIpc) is 2.42. The third-order valence-corrected chi connectivity index (χ3v) is 2.70. The van der Waals surface area contributed by atoms with Crippen LogP contribution in [0.1, 0.15) is 25.3 Å². The molecule has 5 nitrogen and oxygen atoms in total. The second-order valence-corrected chi connectivity index (χ2v) is 4.68. The summed E-state index contributed by atoms with van der Waals surface area (Å²) in [6.45, 7) is 3.27. The van der Waals surface area contributed by atoms with Crippen molar-refractivity contribution in [1.82, 2.24) is 0 Å². The van der Waals surface area contributed by atoms with E-state index in [9.17, 15) is 4.79 Å². The minimum Gasteiger partial charge on any atom is -0.393 e. The molecule has 1 amide bonds. The number of carbonyl (C=O) groups excluding carboxylic acids is 1. The van der Waals surface area contributed by atoms with Gasteiger partial charge in [-0.05, 0) is 31.0 Å². The third kappa shape index (κ3) is 7.23. The molecule has 1 atom stereocenters. The normalized spacial score (nSPS) is 12.2. The summed E-state index contributed by atoms with van der Waals surface area (Å²) in [4.78, 5) is 11.7. The van der Waals surface area contributed by atoms with E-state index in [1.165, 1.54) is 0 Å². The first-order valence-corrected chi connectivity index (χ1v) is 6.75. The van der Waals surface area contributed by atoms with Gasteiger partial charge in [-0.2, -0.15) is 0 Å². The molecule has 1 rings (SSSR count). The maximum atomic E-state index is 11.7. The van der Waals surface area contributed by atoms with Gasteiger partial charge in [0.1, 0.15) is 0 Å². The van der Waals surface area contributed by atoms with Gasteiger partial charge in [-0.15, -0.1) is 0 Å². The summed E-state index contributed by atoms with van der Waals surface area (Å²) < 4.78 is 10.3. The molecule has 2 N–H and O–H groups in total. The minimum atomic E-state index is -0.457. The van der Waals surface area contributed by atoms with Crippen LogP contribution in [-0.2, 0) is 20.9 Å². The number of ether oxygens (including phenoxy) is 2. The van der Waals surface area contributed by atoms with Gasteiger partial charge in [0.05, 0.1) is 25.9 Å². The van der Waals surface area contributed by atoms with E-state index in [0.717, 1.165) is 11.3 Å². The van der Waals surface area contributed by atoms with E-state index in [2.05, 4.69) is 5.32 Å². The number of rotatable bonds is 9. The highest BCUT2D eigenvalue weighted by atomic mass is 16.5. The Morgan fingerprint density at radius 2 is 2.20 bits per heavy atom. The molecule has 20 heavy (non-hydrogen) atoms. The monoisotopic (exact) mass is 281 g/mol. The molecule has 112 valence electrons. The van der Waals surface area contributed by atoms with Gasteiger partial charge in [0.2, 0.25) is 5.91 Å². The molecule has 0 aliphatic rings. The maximum Gasteiger partial charge on any atom is 0.224 e. The van der Waals surface area contributed by atoms with Crippen molar-refractivity contribution in [3.63, 3.8) is 0 Å². The highest BCUT2D eigenvalue weighted by molar-refractivity contribution is 5.90. The average molecular weight is 281 g/mol.